The largest absolute Gasteiger partial charge is 0.384 e. The third-order valence-corrected chi connectivity index (χ3v) is 2.13. The third-order valence-electron chi connectivity index (χ3n) is 2.13. The molecule has 0 heterocycles. The van der Waals surface area contributed by atoms with E-state index in [9.17, 15) is 4.79 Å². The van der Waals surface area contributed by atoms with E-state index in [0.717, 1.165) is 5.56 Å². The zero-order valence-corrected chi connectivity index (χ0v) is 9.42. The number of carbonyl (C=O) groups is 1. The summed E-state index contributed by atoms with van der Waals surface area (Å²) in [5.74, 6) is -0.0149. The van der Waals surface area contributed by atoms with Gasteiger partial charge in [0, 0.05) is 17.8 Å². The smallest absolute Gasteiger partial charge is 0.319 e. The number of rotatable bonds is 3. The van der Waals surface area contributed by atoms with Gasteiger partial charge in [-0.25, -0.2) is 4.79 Å². The first-order valence-electron chi connectivity index (χ1n) is 5.04. The summed E-state index contributed by atoms with van der Waals surface area (Å²) >= 11 is 0. The SMILES string of the molecule is CCNC(=O)Nc1cc(C(=N)N)ccc1C. The topological polar surface area (TPSA) is 91.0 Å². The molecule has 0 unspecified atom stereocenters. The van der Waals surface area contributed by atoms with Crippen LogP contribution in [0.3, 0.4) is 0 Å². The van der Waals surface area contributed by atoms with Gasteiger partial charge in [-0.3, -0.25) is 5.41 Å². The number of amidine groups is 1. The van der Waals surface area contributed by atoms with Gasteiger partial charge in [-0.2, -0.15) is 0 Å². The molecule has 0 atom stereocenters. The number of amides is 2. The number of nitrogens with one attached hydrogen (secondary N) is 3. The van der Waals surface area contributed by atoms with Crippen molar-refractivity contribution in [2.45, 2.75) is 13.8 Å². The molecule has 5 heteroatoms. The fourth-order valence-electron chi connectivity index (χ4n) is 1.25. The van der Waals surface area contributed by atoms with Crippen LogP contribution in [0.15, 0.2) is 18.2 Å². The first kappa shape index (κ1) is 12.0. The molecule has 0 bridgehead atoms. The Morgan fingerprint density at radius 3 is 2.75 bits per heavy atom. The van der Waals surface area contributed by atoms with E-state index < -0.39 is 0 Å². The molecule has 0 spiro atoms. The lowest BCUT2D eigenvalue weighted by Crippen LogP contribution is -2.28. The summed E-state index contributed by atoms with van der Waals surface area (Å²) in [6.45, 7) is 4.29. The van der Waals surface area contributed by atoms with Gasteiger partial charge in [-0.1, -0.05) is 12.1 Å². The van der Waals surface area contributed by atoms with Gasteiger partial charge in [0.25, 0.3) is 0 Å². The third kappa shape index (κ3) is 2.98. The van der Waals surface area contributed by atoms with E-state index in [1.54, 1.807) is 12.1 Å². The van der Waals surface area contributed by atoms with E-state index in [1.165, 1.54) is 0 Å². The first-order chi connectivity index (χ1) is 7.54. The highest BCUT2D eigenvalue weighted by atomic mass is 16.2. The average molecular weight is 220 g/mol. The number of urea groups is 1. The highest BCUT2D eigenvalue weighted by molar-refractivity contribution is 5.97. The minimum absolute atomic E-state index is 0.0149. The molecular weight excluding hydrogens is 204 g/mol. The van der Waals surface area contributed by atoms with Crippen LogP contribution in [0.2, 0.25) is 0 Å². The molecule has 0 aliphatic carbocycles. The van der Waals surface area contributed by atoms with Crippen LogP contribution in [-0.4, -0.2) is 18.4 Å². The fourth-order valence-corrected chi connectivity index (χ4v) is 1.25. The van der Waals surface area contributed by atoms with Gasteiger partial charge < -0.3 is 16.4 Å². The van der Waals surface area contributed by atoms with Crippen LogP contribution in [-0.2, 0) is 0 Å². The molecule has 0 radical (unpaired) electrons. The number of hydrogen-bond acceptors (Lipinski definition) is 2. The highest BCUT2D eigenvalue weighted by Gasteiger charge is 2.05. The van der Waals surface area contributed by atoms with Crippen LogP contribution in [0.5, 0.6) is 0 Å². The molecule has 1 aromatic rings. The number of aryl methyl sites for hydroxylation is 1. The monoisotopic (exact) mass is 220 g/mol. The summed E-state index contributed by atoms with van der Waals surface area (Å²) in [6, 6.07) is 5.00. The summed E-state index contributed by atoms with van der Waals surface area (Å²) in [7, 11) is 0. The minimum Gasteiger partial charge on any atom is -0.384 e. The summed E-state index contributed by atoms with van der Waals surface area (Å²) in [4.78, 5) is 11.3. The summed E-state index contributed by atoms with van der Waals surface area (Å²) in [6.07, 6.45) is 0. The molecule has 0 saturated carbocycles. The van der Waals surface area contributed by atoms with E-state index in [-0.39, 0.29) is 11.9 Å². The molecular formula is C11H16N4O. The van der Waals surface area contributed by atoms with Crippen LogP contribution in [0.1, 0.15) is 18.1 Å². The summed E-state index contributed by atoms with van der Waals surface area (Å²) < 4.78 is 0. The van der Waals surface area contributed by atoms with Gasteiger partial charge in [-0.05, 0) is 25.5 Å². The van der Waals surface area contributed by atoms with Gasteiger partial charge in [0.05, 0.1) is 0 Å². The maximum atomic E-state index is 11.3. The maximum absolute atomic E-state index is 11.3. The van der Waals surface area contributed by atoms with Crippen molar-refractivity contribution < 1.29 is 4.79 Å². The van der Waals surface area contributed by atoms with Crippen LogP contribution < -0.4 is 16.4 Å². The Labute approximate surface area is 94.5 Å². The molecule has 1 rings (SSSR count). The van der Waals surface area contributed by atoms with E-state index in [4.69, 9.17) is 11.1 Å². The Morgan fingerprint density at radius 1 is 1.50 bits per heavy atom. The van der Waals surface area contributed by atoms with Crippen LogP contribution in [0.4, 0.5) is 10.5 Å². The lowest BCUT2D eigenvalue weighted by molar-refractivity contribution is 0.252. The second-order valence-electron chi connectivity index (χ2n) is 3.43. The Hall–Kier alpha value is -2.04. The molecule has 5 N–H and O–H groups in total. The number of nitrogen functional groups attached to an aromatic ring is 1. The molecule has 0 fully saturated rings. The van der Waals surface area contributed by atoms with Crippen molar-refractivity contribution in [3.05, 3.63) is 29.3 Å². The van der Waals surface area contributed by atoms with Crippen molar-refractivity contribution in [3.63, 3.8) is 0 Å². The van der Waals surface area contributed by atoms with E-state index in [2.05, 4.69) is 10.6 Å². The van der Waals surface area contributed by atoms with Gasteiger partial charge in [-0.15, -0.1) is 0 Å². The first-order valence-corrected chi connectivity index (χ1v) is 5.04. The molecule has 5 nitrogen and oxygen atoms in total. The quantitative estimate of drug-likeness (QED) is 0.458. The summed E-state index contributed by atoms with van der Waals surface area (Å²) in [5, 5.41) is 12.7. The van der Waals surface area contributed by atoms with E-state index >= 15 is 0 Å². The molecule has 2 amide bonds. The number of carbonyl (C=O) groups excluding carboxylic acids is 1. The Balaban J connectivity index is 2.90. The highest BCUT2D eigenvalue weighted by Crippen LogP contribution is 2.16. The summed E-state index contributed by atoms with van der Waals surface area (Å²) in [5.41, 5.74) is 7.56. The fraction of sp³-hybridized carbons (Fsp3) is 0.273. The molecule has 86 valence electrons. The van der Waals surface area contributed by atoms with Gasteiger partial charge in [0.15, 0.2) is 0 Å². The maximum Gasteiger partial charge on any atom is 0.319 e. The van der Waals surface area contributed by atoms with E-state index in [0.29, 0.717) is 17.8 Å². The molecule has 0 aliphatic heterocycles. The predicted molar refractivity (Wildman–Crippen MR) is 64.9 cm³/mol. The zero-order chi connectivity index (χ0) is 12.1. The van der Waals surface area contributed by atoms with Crippen molar-refractivity contribution in [1.82, 2.24) is 5.32 Å². The van der Waals surface area contributed by atoms with Crippen LogP contribution >= 0.6 is 0 Å². The lowest BCUT2D eigenvalue weighted by Gasteiger charge is -2.10. The number of benzene rings is 1. The van der Waals surface area contributed by atoms with Gasteiger partial charge in [0.2, 0.25) is 0 Å². The normalized spacial score (nSPS) is 9.62. The number of nitrogens with two attached hydrogens (primary N) is 1. The van der Waals surface area contributed by atoms with E-state index in [1.807, 2.05) is 19.9 Å². The van der Waals surface area contributed by atoms with Crippen molar-refractivity contribution in [1.29, 1.82) is 5.41 Å². The van der Waals surface area contributed by atoms with Gasteiger partial charge >= 0.3 is 6.03 Å². The Bertz CT molecular complexity index is 414. The Kier molecular flexibility index (Phi) is 3.88. The number of anilines is 1. The zero-order valence-electron chi connectivity index (χ0n) is 9.42. The lowest BCUT2D eigenvalue weighted by atomic mass is 10.1. The second kappa shape index (κ2) is 5.16. The molecule has 0 aliphatic rings. The van der Waals surface area contributed by atoms with Crippen molar-refractivity contribution in [3.8, 4) is 0 Å². The Morgan fingerprint density at radius 2 is 2.19 bits per heavy atom. The minimum atomic E-state index is -0.258. The van der Waals surface area contributed by atoms with Gasteiger partial charge in [0.1, 0.15) is 5.84 Å². The molecule has 0 saturated heterocycles. The molecule has 16 heavy (non-hydrogen) atoms. The molecule has 0 aromatic heterocycles. The molecule has 1 aromatic carbocycles. The van der Waals surface area contributed by atoms with Crippen LogP contribution in [0.25, 0.3) is 0 Å². The number of hydrogen-bond donors (Lipinski definition) is 4. The van der Waals surface area contributed by atoms with Crippen molar-refractivity contribution in [2.24, 2.45) is 5.73 Å². The average Bonchev–Trinajstić information content (AvgIpc) is 2.21. The second-order valence-corrected chi connectivity index (χ2v) is 3.43. The van der Waals surface area contributed by atoms with Crippen molar-refractivity contribution in [2.75, 3.05) is 11.9 Å². The standard InChI is InChI=1S/C11H16N4O/c1-3-14-11(16)15-9-6-8(10(12)13)5-4-7(9)2/h4-6H,3H2,1-2H3,(H3,12,13)(H2,14,15,16). The van der Waals surface area contributed by atoms with Crippen LogP contribution in [0, 0.1) is 12.3 Å². The van der Waals surface area contributed by atoms with Crippen molar-refractivity contribution >= 4 is 17.6 Å². The predicted octanol–water partition coefficient (Wildman–Crippen LogP) is 1.42.